The van der Waals surface area contributed by atoms with Gasteiger partial charge in [0.2, 0.25) is 15.9 Å². The van der Waals surface area contributed by atoms with Gasteiger partial charge in [0, 0.05) is 19.2 Å². The summed E-state index contributed by atoms with van der Waals surface area (Å²) in [6, 6.07) is 6.28. The zero-order chi connectivity index (χ0) is 15.9. The maximum Gasteiger partial charge on any atom is 0.243 e. The molecule has 0 radical (unpaired) electrons. The maximum atomic E-state index is 12.5. The molecule has 1 aromatic carbocycles. The molecule has 0 spiro atoms. The van der Waals surface area contributed by atoms with Crippen molar-refractivity contribution >= 4 is 15.9 Å². The first-order valence-corrected chi connectivity index (χ1v) is 7.89. The average molecular weight is 309 g/mol. The van der Waals surface area contributed by atoms with Gasteiger partial charge in [0.05, 0.1) is 18.0 Å². The minimum Gasteiger partial charge on any atom is -0.358 e. The highest BCUT2D eigenvalue weighted by Crippen LogP contribution is 2.16. The van der Waals surface area contributed by atoms with Crippen LogP contribution in [0.4, 0.5) is 0 Å². The molecule has 6 nitrogen and oxygen atoms in total. The van der Waals surface area contributed by atoms with Crippen molar-refractivity contribution < 1.29 is 13.2 Å². The van der Waals surface area contributed by atoms with Crippen LogP contribution in [0.1, 0.15) is 12.5 Å². The Kier molecular flexibility index (Phi) is 6.37. The summed E-state index contributed by atoms with van der Waals surface area (Å²) in [6.07, 6.45) is 0. The number of carbonyl (C=O) groups is 1. The minimum absolute atomic E-state index is 0.108. The Labute approximate surface area is 125 Å². The fraction of sp³-hybridized carbons (Fsp3) is 0.357. The zero-order valence-electron chi connectivity index (χ0n) is 12.1. The van der Waals surface area contributed by atoms with E-state index < -0.39 is 10.0 Å². The summed E-state index contributed by atoms with van der Waals surface area (Å²) in [5.74, 6) is 5.10. The number of sulfonamides is 1. The van der Waals surface area contributed by atoms with Crippen LogP contribution in [0.25, 0.3) is 0 Å². The Balaban J connectivity index is 3.13. The van der Waals surface area contributed by atoms with Crippen LogP contribution in [0.3, 0.4) is 0 Å². The van der Waals surface area contributed by atoms with Gasteiger partial charge in [0.1, 0.15) is 0 Å². The molecule has 21 heavy (non-hydrogen) atoms. The lowest BCUT2D eigenvalue weighted by molar-refractivity contribution is -0.120. The summed E-state index contributed by atoms with van der Waals surface area (Å²) < 4.78 is 26.1. The Morgan fingerprint density at radius 3 is 2.71 bits per heavy atom. The molecule has 0 aromatic heterocycles. The van der Waals surface area contributed by atoms with Crippen molar-refractivity contribution in [3.05, 3.63) is 29.8 Å². The van der Waals surface area contributed by atoms with Gasteiger partial charge in [0.15, 0.2) is 0 Å². The van der Waals surface area contributed by atoms with Crippen molar-refractivity contribution in [2.24, 2.45) is 5.73 Å². The van der Waals surface area contributed by atoms with Gasteiger partial charge in [-0.2, -0.15) is 4.31 Å². The van der Waals surface area contributed by atoms with Crippen LogP contribution in [0.15, 0.2) is 29.2 Å². The molecule has 0 bridgehead atoms. The average Bonchev–Trinajstić information content (AvgIpc) is 2.50. The predicted molar refractivity (Wildman–Crippen MR) is 80.9 cm³/mol. The van der Waals surface area contributed by atoms with E-state index in [0.29, 0.717) is 5.56 Å². The molecule has 0 saturated heterocycles. The maximum absolute atomic E-state index is 12.5. The minimum atomic E-state index is -3.73. The fourth-order valence-corrected chi connectivity index (χ4v) is 3.09. The summed E-state index contributed by atoms with van der Waals surface area (Å²) in [5.41, 5.74) is 5.86. The number of nitrogens with zero attached hydrogens (tertiary/aromatic N) is 1. The van der Waals surface area contributed by atoms with Gasteiger partial charge in [-0.15, -0.1) is 0 Å². The van der Waals surface area contributed by atoms with Crippen molar-refractivity contribution in [1.29, 1.82) is 0 Å². The highest BCUT2D eigenvalue weighted by atomic mass is 32.2. The number of amides is 1. The second-order valence-electron chi connectivity index (χ2n) is 4.14. The molecule has 7 heteroatoms. The third-order valence-electron chi connectivity index (χ3n) is 2.76. The number of likely N-dealkylation sites (N-methyl/N-ethyl adjacent to an activating group) is 2. The molecule has 0 aliphatic carbocycles. The van der Waals surface area contributed by atoms with Crippen LogP contribution in [0, 0.1) is 11.8 Å². The van der Waals surface area contributed by atoms with E-state index in [1.165, 1.54) is 19.2 Å². The molecule has 0 heterocycles. The third kappa shape index (κ3) is 4.56. The first kappa shape index (κ1) is 17.2. The first-order chi connectivity index (χ1) is 9.95. The topological polar surface area (TPSA) is 92.5 Å². The number of nitrogens with two attached hydrogens (primary N) is 1. The van der Waals surface area contributed by atoms with Gasteiger partial charge in [-0.25, -0.2) is 8.42 Å². The fourth-order valence-electron chi connectivity index (χ4n) is 1.64. The molecule has 114 valence electrons. The Hall–Kier alpha value is -1.88. The van der Waals surface area contributed by atoms with Crippen LogP contribution in [-0.4, -0.2) is 45.3 Å². The van der Waals surface area contributed by atoms with Gasteiger partial charge in [-0.1, -0.05) is 24.8 Å². The number of rotatable bonds is 5. The molecule has 0 fully saturated rings. The van der Waals surface area contributed by atoms with Crippen molar-refractivity contribution in [2.75, 3.05) is 26.7 Å². The molecule has 3 N–H and O–H groups in total. The predicted octanol–water partition coefficient (Wildman–Crippen LogP) is -0.247. The number of hydrogen-bond acceptors (Lipinski definition) is 4. The largest absolute Gasteiger partial charge is 0.358 e. The Bertz CT molecular complexity index is 660. The van der Waals surface area contributed by atoms with E-state index in [-0.39, 0.29) is 30.4 Å². The lowest BCUT2D eigenvalue weighted by Gasteiger charge is -2.19. The Morgan fingerprint density at radius 2 is 2.14 bits per heavy atom. The first-order valence-electron chi connectivity index (χ1n) is 6.45. The van der Waals surface area contributed by atoms with E-state index in [9.17, 15) is 13.2 Å². The summed E-state index contributed by atoms with van der Waals surface area (Å²) in [4.78, 5) is 11.5. The zero-order valence-corrected chi connectivity index (χ0v) is 12.9. The smallest absolute Gasteiger partial charge is 0.243 e. The van der Waals surface area contributed by atoms with Crippen LogP contribution < -0.4 is 11.1 Å². The summed E-state index contributed by atoms with van der Waals surface area (Å²) in [6.45, 7) is 1.87. The van der Waals surface area contributed by atoms with Gasteiger partial charge >= 0.3 is 0 Å². The molecule has 1 amide bonds. The van der Waals surface area contributed by atoms with Crippen LogP contribution >= 0.6 is 0 Å². The van der Waals surface area contributed by atoms with Gasteiger partial charge in [0.25, 0.3) is 0 Å². The quantitative estimate of drug-likeness (QED) is 0.734. The number of benzene rings is 1. The molecule has 1 rings (SSSR count). The Morgan fingerprint density at radius 1 is 1.43 bits per heavy atom. The molecule has 1 aromatic rings. The summed E-state index contributed by atoms with van der Waals surface area (Å²) in [5, 5.41) is 2.41. The second-order valence-corrected chi connectivity index (χ2v) is 6.08. The van der Waals surface area contributed by atoms with Gasteiger partial charge in [-0.05, 0) is 18.2 Å². The van der Waals surface area contributed by atoms with Crippen LogP contribution in [0.5, 0.6) is 0 Å². The molecule has 0 aliphatic rings. The number of carbonyl (C=O) groups excluding carboxylic acids is 1. The van der Waals surface area contributed by atoms with E-state index in [2.05, 4.69) is 17.2 Å². The molecule has 0 atom stereocenters. The molecule has 0 unspecified atom stereocenters. The van der Waals surface area contributed by atoms with Crippen molar-refractivity contribution in [2.45, 2.75) is 11.8 Å². The SMILES string of the molecule is CCN(CC(=O)NC)S(=O)(=O)c1cccc(C#CCN)c1. The van der Waals surface area contributed by atoms with E-state index in [1.54, 1.807) is 19.1 Å². The summed E-state index contributed by atoms with van der Waals surface area (Å²) in [7, 11) is -2.27. The van der Waals surface area contributed by atoms with Gasteiger partial charge in [-0.3, -0.25) is 4.79 Å². The molecule has 0 aliphatic heterocycles. The van der Waals surface area contributed by atoms with Crippen molar-refractivity contribution in [3.63, 3.8) is 0 Å². The number of nitrogens with one attached hydrogen (secondary N) is 1. The van der Waals surface area contributed by atoms with Crippen LogP contribution in [0.2, 0.25) is 0 Å². The third-order valence-corrected chi connectivity index (χ3v) is 4.67. The second kappa shape index (κ2) is 7.78. The lowest BCUT2D eigenvalue weighted by atomic mass is 10.2. The van der Waals surface area contributed by atoms with E-state index in [1.807, 2.05) is 0 Å². The standard InChI is InChI=1S/C14H19N3O3S/c1-3-17(11-14(18)16-2)21(19,20)13-8-4-6-12(10-13)7-5-9-15/h4,6,8,10H,3,9,11,15H2,1-2H3,(H,16,18). The number of hydrogen-bond donors (Lipinski definition) is 2. The monoisotopic (exact) mass is 309 g/mol. The highest BCUT2D eigenvalue weighted by molar-refractivity contribution is 7.89. The highest BCUT2D eigenvalue weighted by Gasteiger charge is 2.24. The van der Waals surface area contributed by atoms with Crippen molar-refractivity contribution in [1.82, 2.24) is 9.62 Å². The van der Waals surface area contributed by atoms with Gasteiger partial charge < -0.3 is 11.1 Å². The van der Waals surface area contributed by atoms with E-state index in [0.717, 1.165) is 4.31 Å². The molecule has 0 saturated carbocycles. The van der Waals surface area contributed by atoms with E-state index in [4.69, 9.17) is 5.73 Å². The molecular weight excluding hydrogens is 290 g/mol. The van der Waals surface area contributed by atoms with Crippen molar-refractivity contribution in [3.8, 4) is 11.8 Å². The van der Waals surface area contributed by atoms with E-state index >= 15 is 0 Å². The normalized spacial score (nSPS) is 10.9. The lowest BCUT2D eigenvalue weighted by Crippen LogP contribution is -2.39. The van der Waals surface area contributed by atoms with Crippen LogP contribution in [-0.2, 0) is 14.8 Å². The molecular formula is C14H19N3O3S. The summed E-state index contributed by atoms with van der Waals surface area (Å²) >= 11 is 0.